The SMILES string of the molecule is CC1(C)OB(C(=Cc2ccc3c(c2)C(=O)OC3)CN)OC1(C)C. The van der Waals surface area contributed by atoms with Gasteiger partial charge in [0.05, 0.1) is 16.8 Å². The molecule has 1 saturated heterocycles. The van der Waals surface area contributed by atoms with Gasteiger partial charge in [-0.2, -0.15) is 0 Å². The van der Waals surface area contributed by atoms with Crippen LogP contribution in [0, 0.1) is 0 Å². The van der Waals surface area contributed by atoms with Crippen LogP contribution in [0.25, 0.3) is 6.08 Å². The van der Waals surface area contributed by atoms with Gasteiger partial charge >= 0.3 is 13.1 Å². The van der Waals surface area contributed by atoms with Crippen LogP contribution in [-0.4, -0.2) is 30.8 Å². The molecule has 1 aromatic carbocycles. The lowest BCUT2D eigenvalue weighted by Gasteiger charge is -2.32. The smallest absolute Gasteiger partial charge is 0.457 e. The predicted molar refractivity (Wildman–Crippen MR) is 88.7 cm³/mol. The fraction of sp³-hybridized carbons (Fsp3) is 0.471. The van der Waals surface area contributed by atoms with E-state index < -0.39 is 18.3 Å². The first-order chi connectivity index (χ1) is 10.7. The van der Waals surface area contributed by atoms with E-state index in [-0.39, 0.29) is 5.97 Å². The van der Waals surface area contributed by atoms with Gasteiger partial charge in [0, 0.05) is 12.1 Å². The summed E-state index contributed by atoms with van der Waals surface area (Å²) < 4.78 is 17.1. The molecule has 2 aliphatic heterocycles. The predicted octanol–water partition coefficient (Wildman–Crippen LogP) is 2.33. The number of carbonyl (C=O) groups is 1. The van der Waals surface area contributed by atoms with Crippen molar-refractivity contribution in [3.05, 3.63) is 40.4 Å². The number of cyclic esters (lactones) is 1. The second-order valence-corrected chi connectivity index (χ2v) is 7.00. The standard InChI is InChI=1S/C17H22BNO4/c1-16(2)17(3,4)23-18(22-16)13(9-19)7-11-5-6-12-10-21-15(20)14(12)8-11/h5-8H,9-10,19H2,1-4H3. The van der Waals surface area contributed by atoms with Gasteiger partial charge < -0.3 is 19.8 Å². The van der Waals surface area contributed by atoms with Gasteiger partial charge in [0.15, 0.2) is 0 Å². The molecule has 122 valence electrons. The van der Waals surface area contributed by atoms with Crippen molar-refractivity contribution in [3.8, 4) is 0 Å². The molecule has 0 unspecified atom stereocenters. The van der Waals surface area contributed by atoms with Gasteiger partial charge in [-0.15, -0.1) is 0 Å². The first-order valence-corrected chi connectivity index (χ1v) is 7.80. The molecule has 1 aromatic rings. The van der Waals surface area contributed by atoms with E-state index in [2.05, 4.69) is 0 Å². The van der Waals surface area contributed by atoms with Crippen LogP contribution in [0.3, 0.4) is 0 Å². The first-order valence-electron chi connectivity index (χ1n) is 7.80. The molecule has 0 aromatic heterocycles. The largest absolute Gasteiger partial charge is 0.491 e. The molecular weight excluding hydrogens is 293 g/mol. The molecule has 23 heavy (non-hydrogen) atoms. The molecule has 2 heterocycles. The third-order valence-corrected chi connectivity index (χ3v) is 4.86. The van der Waals surface area contributed by atoms with Crippen molar-refractivity contribution < 1.29 is 18.8 Å². The van der Waals surface area contributed by atoms with E-state index in [1.54, 1.807) is 0 Å². The fourth-order valence-corrected chi connectivity index (χ4v) is 2.65. The Balaban J connectivity index is 1.89. The molecule has 0 bridgehead atoms. The van der Waals surface area contributed by atoms with E-state index >= 15 is 0 Å². The molecule has 0 saturated carbocycles. The third kappa shape index (κ3) is 2.82. The van der Waals surface area contributed by atoms with Gasteiger partial charge in [-0.25, -0.2) is 4.79 Å². The van der Waals surface area contributed by atoms with Gasteiger partial charge in [0.1, 0.15) is 6.61 Å². The molecule has 2 aliphatic rings. The minimum Gasteiger partial charge on any atom is -0.457 e. The van der Waals surface area contributed by atoms with Crippen LogP contribution in [-0.2, 0) is 20.7 Å². The van der Waals surface area contributed by atoms with Crippen LogP contribution in [0.4, 0.5) is 0 Å². The molecule has 1 fully saturated rings. The van der Waals surface area contributed by atoms with Gasteiger partial charge in [-0.05, 0) is 44.8 Å². The third-order valence-electron chi connectivity index (χ3n) is 4.86. The minimum absolute atomic E-state index is 0.278. The Kier molecular flexibility index (Phi) is 3.87. The number of rotatable bonds is 3. The second-order valence-electron chi connectivity index (χ2n) is 7.00. The van der Waals surface area contributed by atoms with Gasteiger partial charge in [-0.1, -0.05) is 18.2 Å². The molecule has 3 rings (SSSR count). The summed E-state index contributed by atoms with van der Waals surface area (Å²) in [6.07, 6.45) is 1.92. The summed E-state index contributed by atoms with van der Waals surface area (Å²) in [6.45, 7) is 8.69. The van der Waals surface area contributed by atoms with Gasteiger partial charge in [0.2, 0.25) is 0 Å². The summed E-state index contributed by atoms with van der Waals surface area (Å²) in [5.74, 6) is -0.278. The molecule has 0 radical (unpaired) electrons. The Morgan fingerprint density at radius 2 is 1.91 bits per heavy atom. The quantitative estimate of drug-likeness (QED) is 0.685. The van der Waals surface area contributed by atoms with Crippen LogP contribution in [0.1, 0.15) is 49.2 Å². The number of carbonyl (C=O) groups excluding carboxylic acids is 1. The monoisotopic (exact) mass is 315 g/mol. The maximum absolute atomic E-state index is 11.7. The lowest BCUT2D eigenvalue weighted by atomic mass is 9.77. The maximum Gasteiger partial charge on any atom is 0.491 e. The van der Waals surface area contributed by atoms with Gasteiger partial charge in [-0.3, -0.25) is 0 Å². The number of hydrogen-bond acceptors (Lipinski definition) is 5. The van der Waals surface area contributed by atoms with E-state index in [0.717, 1.165) is 16.6 Å². The zero-order valence-corrected chi connectivity index (χ0v) is 14.0. The van der Waals surface area contributed by atoms with Crippen LogP contribution in [0.2, 0.25) is 0 Å². The molecule has 5 nitrogen and oxygen atoms in total. The average molecular weight is 315 g/mol. The Labute approximate surface area is 136 Å². The van der Waals surface area contributed by atoms with Crippen molar-refractivity contribution in [3.63, 3.8) is 0 Å². The lowest BCUT2D eigenvalue weighted by molar-refractivity contribution is 0.00578. The molecule has 2 N–H and O–H groups in total. The number of esters is 1. The number of benzene rings is 1. The highest BCUT2D eigenvalue weighted by atomic mass is 16.7. The topological polar surface area (TPSA) is 70.8 Å². The minimum atomic E-state index is -0.481. The molecule has 0 aliphatic carbocycles. The summed E-state index contributed by atoms with van der Waals surface area (Å²) in [4.78, 5) is 11.7. The van der Waals surface area contributed by atoms with Crippen LogP contribution in [0.15, 0.2) is 23.7 Å². The number of ether oxygens (including phenoxy) is 1. The van der Waals surface area contributed by atoms with Crippen molar-refractivity contribution >= 4 is 19.2 Å². The Morgan fingerprint density at radius 1 is 1.26 bits per heavy atom. The maximum atomic E-state index is 11.7. The van der Waals surface area contributed by atoms with Crippen molar-refractivity contribution in [2.24, 2.45) is 5.73 Å². The normalized spacial score (nSPS) is 22.2. The Hall–Kier alpha value is -1.63. The van der Waals surface area contributed by atoms with E-state index in [9.17, 15) is 4.79 Å². The highest BCUT2D eigenvalue weighted by molar-refractivity contribution is 6.55. The zero-order chi connectivity index (χ0) is 16.8. The van der Waals surface area contributed by atoms with E-state index in [4.69, 9.17) is 19.8 Å². The van der Waals surface area contributed by atoms with Crippen LogP contribution in [0.5, 0.6) is 0 Å². The first kappa shape index (κ1) is 16.2. The number of hydrogen-bond donors (Lipinski definition) is 1. The van der Waals surface area contributed by atoms with Crippen LogP contribution >= 0.6 is 0 Å². The summed E-state index contributed by atoms with van der Waals surface area (Å²) in [5, 5.41) is 0. The van der Waals surface area contributed by atoms with Gasteiger partial charge in [0.25, 0.3) is 0 Å². The van der Waals surface area contributed by atoms with E-state index in [1.165, 1.54) is 0 Å². The molecule has 0 spiro atoms. The Bertz CT molecular complexity index is 665. The molecule has 0 atom stereocenters. The fourth-order valence-electron chi connectivity index (χ4n) is 2.65. The summed E-state index contributed by atoms with van der Waals surface area (Å²) >= 11 is 0. The highest BCUT2D eigenvalue weighted by Crippen LogP contribution is 2.38. The summed E-state index contributed by atoms with van der Waals surface area (Å²) in [6, 6.07) is 5.68. The van der Waals surface area contributed by atoms with Crippen molar-refractivity contribution in [2.75, 3.05) is 6.54 Å². The van der Waals surface area contributed by atoms with Crippen molar-refractivity contribution in [1.82, 2.24) is 0 Å². The van der Waals surface area contributed by atoms with E-state index in [1.807, 2.05) is 52.0 Å². The van der Waals surface area contributed by atoms with Crippen molar-refractivity contribution in [2.45, 2.75) is 45.5 Å². The Morgan fingerprint density at radius 3 is 2.52 bits per heavy atom. The number of nitrogens with two attached hydrogens (primary N) is 1. The molecule has 0 amide bonds. The van der Waals surface area contributed by atoms with Crippen LogP contribution < -0.4 is 5.73 Å². The van der Waals surface area contributed by atoms with Crippen molar-refractivity contribution in [1.29, 1.82) is 0 Å². The second kappa shape index (κ2) is 5.48. The average Bonchev–Trinajstić information content (AvgIpc) is 2.94. The summed E-state index contributed by atoms with van der Waals surface area (Å²) in [7, 11) is -0.481. The summed E-state index contributed by atoms with van der Waals surface area (Å²) in [5.41, 5.74) is 8.34. The van der Waals surface area contributed by atoms with E-state index in [0.29, 0.717) is 18.7 Å². The molecular formula is C17H22BNO4. The molecule has 6 heteroatoms. The highest BCUT2D eigenvalue weighted by Gasteiger charge is 2.52. The lowest BCUT2D eigenvalue weighted by Crippen LogP contribution is -2.41. The zero-order valence-electron chi connectivity index (χ0n) is 14.0. The number of fused-ring (bicyclic) bond motifs is 1.